The van der Waals surface area contributed by atoms with E-state index in [0.717, 1.165) is 5.57 Å². The van der Waals surface area contributed by atoms with Gasteiger partial charge in [0.25, 0.3) is 0 Å². The van der Waals surface area contributed by atoms with Gasteiger partial charge in [-0.05, 0) is 103 Å². The molecule has 0 radical (unpaired) electrons. The predicted molar refractivity (Wildman–Crippen MR) is 332 cm³/mol. The highest BCUT2D eigenvalue weighted by molar-refractivity contribution is 5.81. The number of ketones is 1. The molecule has 0 saturated heterocycles. The quantitative estimate of drug-likeness (QED) is 0.0828. The van der Waals surface area contributed by atoms with E-state index >= 15 is 0 Å². The maximum Gasteiger partial charge on any atom is 0.306 e. The molecule has 2 rings (SSSR count). The summed E-state index contributed by atoms with van der Waals surface area (Å²) in [4.78, 5) is 26.8. The molecule has 0 spiro atoms. The van der Waals surface area contributed by atoms with Crippen molar-refractivity contribution in [2.75, 3.05) is 6.54 Å². The standard InChI is InChI=1S/C67H107NO18/c1-5-6-24-48-25-17-18-33-58(77)47(4)64(81)45(2)23-15-13-11-9-7-8-10-12-14-16-34-63(80)85-57(32-21-28-49(69)26-19-27-50(70)31-22-37-68)42-55(75)40-53(73)38-51(71)29-20-30-52(72)39-54(74)41-56(76)43-59(78)46(3)61(36-35-48)86-62-44-60(79)65(82)67(84)66(62)83/h5,7-15,18-21,23,26,30,32-33,35,45-47,49-58,60-62,64-67,69-77,79,81-84H,1,6,16-17,22,24-25,27-29,31,34,36-44,68H2,2-4H3. The first-order chi connectivity index (χ1) is 40.9. The lowest BCUT2D eigenvalue weighted by atomic mass is 9.86. The molecule has 19 heteroatoms. The number of aliphatic hydroxyl groups excluding tert-OH is 14. The Morgan fingerprint density at radius 1 is 0.651 bits per heavy atom. The largest absolute Gasteiger partial charge is 0.458 e. The second-order valence-corrected chi connectivity index (χ2v) is 23.2. The second-order valence-electron chi connectivity index (χ2n) is 23.2. The van der Waals surface area contributed by atoms with Crippen molar-refractivity contribution < 1.29 is 90.6 Å². The van der Waals surface area contributed by atoms with Crippen LogP contribution in [0.25, 0.3) is 0 Å². The van der Waals surface area contributed by atoms with Gasteiger partial charge in [-0.25, -0.2) is 0 Å². The third kappa shape index (κ3) is 33.8. The summed E-state index contributed by atoms with van der Waals surface area (Å²) in [6.07, 6.45) is 17.6. The smallest absolute Gasteiger partial charge is 0.306 e. The minimum atomic E-state index is -1.72. The van der Waals surface area contributed by atoms with Gasteiger partial charge in [0.1, 0.15) is 30.2 Å². The molecule has 19 nitrogen and oxygen atoms in total. The molecule has 1 fully saturated rings. The van der Waals surface area contributed by atoms with Crippen LogP contribution in [0, 0.1) is 17.8 Å². The molecule has 1 saturated carbocycles. The highest BCUT2D eigenvalue weighted by Gasteiger charge is 2.44. The van der Waals surface area contributed by atoms with Crippen molar-refractivity contribution >= 4 is 11.8 Å². The lowest BCUT2D eigenvalue weighted by molar-refractivity contribution is -0.204. The van der Waals surface area contributed by atoms with E-state index in [1.807, 2.05) is 61.6 Å². The summed E-state index contributed by atoms with van der Waals surface area (Å²) in [5, 5.41) is 150. The van der Waals surface area contributed by atoms with Crippen LogP contribution in [0.5, 0.6) is 0 Å². The van der Waals surface area contributed by atoms with E-state index in [9.17, 15) is 81.1 Å². The summed E-state index contributed by atoms with van der Waals surface area (Å²) in [5.41, 5.74) is 6.49. The van der Waals surface area contributed by atoms with E-state index in [4.69, 9.17) is 15.2 Å². The Morgan fingerprint density at radius 2 is 1.29 bits per heavy atom. The summed E-state index contributed by atoms with van der Waals surface area (Å²) in [6.45, 7) is 9.52. The van der Waals surface area contributed by atoms with E-state index in [1.165, 1.54) is 12.2 Å². The van der Waals surface area contributed by atoms with Crippen LogP contribution >= 0.6 is 0 Å². The highest BCUT2D eigenvalue weighted by atomic mass is 16.5. The molecule has 2 aliphatic rings. The van der Waals surface area contributed by atoms with Crippen molar-refractivity contribution in [3.8, 4) is 0 Å². The lowest BCUT2D eigenvalue weighted by Gasteiger charge is -2.40. The van der Waals surface area contributed by atoms with Crippen LogP contribution < -0.4 is 5.73 Å². The number of aliphatic hydroxyl groups is 14. The van der Waals surface area contributed by atoms with Crippen LogP contribution in [0.1, 0.15) is 143 Å². The number of carbonyl (C=O) groups is 2. The van der Waals surface area contributed by atoms with Gasteiger partial charge in [0.2, 0.25) is 0 Å². The summed E-state index contributed by atoms with van der Waals surface area (Å²) in [6, 6.07) is 0. The Balaban J connectivity index is 2.33. The van der Waals surface area contributed by atoms with Gasteiger partial charge in [-0.3, -0.25) is 9.59 Å². The molecule has 86 heavy (non-hydrogen) atoms. The number of hydrogen-bond acceptors (Lipinski definition) is 19. The SMILES string of the molecule is C=CCCC1=CCC(OC2CC(O)C(O)C(O)C2O)C(C)C(=O)CC(O)CC(O)CC(O)C=CCC(O)CC(O)CC(O)CC(C=CCC(O)C=CCC(O)CCCN)OC(=O)CCC=CC=CC=CC=CC=CC(C)C(O)C(C)C(O)C=CCC1. The molecule has 16 N–H and O–H groups in total. The highest BCUT2D eigenvalue weighted by Crippen LogP contribution is 2.29. The summed E-state index contributed by atoms with van der Waals surface area (Å²) in [7, 11) is 0. The van der Waals surface area contributed by atoms with Gasteiger partial charge >= 0.3 is 5.97 Å². The average molecular weight is 1210 g/mol. The van der Waals surface area contributed by atoms with Gasteiger partial charge < -0.3 is 86.7 Å². The zero-order chi connectivity index (χ0) is 64.0. The Kier molecular flexibility index (Phi) is 40.7. The fraction of sp³-hybridized carbons (Fsp3) is 0.642. The lowest BCUT2D eigenvalue weighted by Crippen LogP contribution is -2.57. The van der Waals surface area contributed by atoms with Crippen molar-refractivity contribution in [1.29, 1.82) is 0 Å². The van der Waals surface area contributed by atoms with Crippen LogP contribution in [0.15, 0.2) is 134 Å². The van der Waals surface area contributed by atoms with Gasteiger partial charge in [0.05, 0.1) is 79.4 Å². The molecule has 0 aromatic carbocycles. The van der Waals surface area contributed by atoms with Crippen LogP contribution in [0.4, 0.5) is 0 Å². The average Bonchev–Trinajstić information content (AvgIpc) is 2.13. The Hall–Kier alpha value is -4.36. The van der Waals surface area contributed by atoms with Crippen LogP contribution in [0.3, 0.4) is 0 Å². The molecular formula is C67H107NO18. The maximum atomic E-state index is 13.8. The zero-order valence-corrected chi connectivity index (χ0v) is 50.9. The Morgan fingerprint density at radius 3 is 1.99 bits per heavy atom. The maximum absolute atomic E-state index is 13.8. The Labute approximate surface area is 510 Å². The molecule has 1 aliphatic carbocycles. The molecule has 20 unspecified atom stereocenters. The number of esters is 1. The zero-order valence-electron chi connectivity index (χ0n) is 50.9. The van der Waals surface area contributed by atoms with Gasteiger partial charge in [-0.15, -0.1) is 6.58 Å². The summed E-state index contributed by atoms with van der Waals surface area (Å²) >= 11 is 0. The third-order valence-corrected chi connectivity index (χ3v) is 15.5. The number of cyclic esters (lactones) is 1. The first-order valence-corrected chi connectivity index (χ1v) is 30.8. The van der Waals surface area contributed by atoms with E-state index in [1.54, 1.807) is 68.5 Å². The third-order valence-electron chi connectivity index (χ3n) is 15.5. The monoisotopic (exact) mass is 1210 g/mol. The number of Topliss-reactive ketones (excluding diaryl/α,β-unsaturated/α-hetero) is 1. The van der Waals surface area contributed by atoms with E-state index in [0.29, 0.717) is 57.9 Å². The summed E-state index contributed by atoms with van der Waals surface area (Å²) < 4.78 is 12.0. The second kappa shape index (κ2) is 45.0. The number of rotatable bonds is 14. The van der Waals surface area contributed by atoms with Crippen LogP contribution in [-0.4, -0.2) is 194 Å². The first-order valence-electron chi connectivity index (χ1n) is 30.8. The number of hydrogen-bond donors (Lipinski definition) is 15. The molecular weight excluding hydrogens is 1110 g/mol. The van der Waals surface area contributed by atoms with E-state index in [-0.39, 0.29) is 70.1 Å². The minimum absolute atomic E-state index is 0.00582. The fourth-order valence-electron chi connectivity index (χ4n) is 10.0. The molecule has 20 atom stereocenters. The van der Waals surface area contributed by atoms with Crippen molar-refractivity contribution in [3.05, 3.63) is 134 Å². The number of ether oxygens (including phenoxy) is 2. The van der Waals surface area contributed by atoms with Gasteiger partial charge in [0.15, 0.2) is 0 Å². The predicted octanol–water partition coefficient (Wildman–Crippen LogP) is 4.70. The molecule has 0 bridgehead atoms. The molecule has 0 aromatic heterocycles. The number of nitrogens with two attached hydrogens (primary N) is 1. The molecule has 488 valence electrons. The fourth-order valence-corrected chi connectivity index (χ4v) is 10.0. The van der Waals surface area contributed by atoms with Crippen LogP contribution in [-0.2, 0) is 19.1 Å². The normalized spacial score (nSPS) is 34.4. The Bertz CT molecular complexity index is 2190. The summed E-state index contributed by atoms with van der Waals surface area (Å²) in [5.74, 6) is -2.70. The van der Waals surface area contributed by atoms with Crippen molar-refractivity contribution in [2.45, 2.75) is 247 Å². The minimum Gasteiger partial charge on any atom is -0.458 e. The topological polar surface area (TPSA) is 362 Å². The molecule has 1 aliphatic heterocycles. The number of allylic oxidation sites excluding steroid dienone is 12. The van der Waals surface area contributed by atoms with Gasteiger partial charge in [-0.1, -0.05) is 142 Å². The number of carbonyl (C=O) groups excluding carboxylic acids is 2. The molecule has 0 amide bonds. The van der Waals surface area contributed by atoms with E-state index < -0.39 is 134 Å². The first kappa shape index (κ1) is 77.7. The van der Waals surface area contributed by atoms with Crippen molar-refractivity contribution in [1.82, 2.24) is 0 Å². The van der Waals surface area contributed by atoms with Gasteiger partial charge in [0, 0.05) is 49.9 Å². The van der Waals surface area contributed by atoms with E-state index in [2.05, 4.69) is 6.58 Å². The molecule has 0 aromatic rings. The van der Waals surface area contributed by atoms with Crippen molar-refractivity contribution in [2.24, 2.45) is 23.5 Å². The van der Waals surface area contributed by atoms with Crippen molar-refractivity contribution in [3.63, 3.8) is 0 Å². The molecule has 1 heterocycles. The van der Waals surface area contributed by atoms with Gasteiger partial charge in [-0.2, -0.15) is 0 Å². The van der Waals surface area contributed by atoms with Crippen LogP contribution in [0.2, 0.25) is 0 Å².